The fourth-order valence-electron chi connectivity index (χ4n) is 2.36. The molecule has 1 atom stereocenters. The first-order valence-corrected chi connectivity index (χ1v) is 8.24. The molecule has 0 aliphatic heterocycles. The van der Waals surface area contributed by atoms with Crippen molar-refractivity contribution in [2.45, 2.75) is 19.9 Å². The summed E-state index contributed by atoms with van der Waals surface area (Å²) in [6.07, 6.45) is 0. The summed E-state index contributed by atoms with van der Waals surface area (Å²) < 4.78 is 13.5. The van der Waals surface area contributed by atoms with E-state index in [1.54, 1.807) is 13.0 Å². The van der Waals surface area contributed by atoms with Crippen LogP contribution in [-0.4, -0.2) is 9.97 Å². The van der Waals surface area contributed by atoms with Gasteiger partial charge in [0.2, 0.25) is 0 Å². The first-order valence-electron chi connectivity index (χ1n) is 7.05. The van der Waals surface area contributed by atoms with Gasteiger partial charge >= 0.3 is 0 Å². The Morgan fingerprint density at radius 2 is 2.21 bits per heavy atom. The molecule has 1 aromatic carbocycles. The van der Waals surface area contributed by atoms with Crippen molar-refractivity contribution in [1.82, 2.24) is 9.97 Å². The van der Waals surface area contributed by atoms with Gasteiger partial charge in [-0.2, -0.15) is 5.26 Å². The number of nitrogens with zero attached hydrogens (tertiary/aromatic N) is 2. The lowest BCUT2D eigenvalue weighted by Crippen LogP contribution is -2.19. The van der Waals surface area contributed by atoms with Crippen molar-refractivity contribution in [2.24, 2.45) is 0 Å². The monoisotopic (exact) mass is 362 g/mol. The molecule has 5 nitrogen and oxygen atoms in total. The maximum Gasteiger partial charge on any atom is 0.253 e. The Balaban J connectivity index is 1.98. The van der Waals surface area contributed by atoms with Gasteiger partial charge in [0.1, 0.15) is 16.8 Å². The molecule has 2 N–H and O–H groups in total. The summed E-state index contributed by atoms with van der Waals surface area (Å²) in [6.45, 7) is 3.56. The summed E-state index contributed by atoms with van der Waals surface area (Å²) in [5, 5.41) is 13.3. The van der Waals surface area contributed by atoms with Gasteiger partial charge in [0.05, 0.1) is 22.3 Å². The van der Waals surface area contributed by atoms with Crippen molar-refractivity contribution in [1.29, 1.82) is 5.26 Å². The number of hydrogen-bond donors (Lipinski definition) is 2. The predicted octanol–water partition coefficient (Wildman–Crippen LogP) is 4.13. The second-order valence-electron chi connectivity index (χ2n) is 5.32. The number of aromatic nitrogens is 2. The summed E-state index contributed by atoms with van der Waals surface area (Å²) >= 11 is 7.03. The van der Waals surface area contributed by atoms with Gasteiger partial charge in [-0.05, 0) is 32.0 Å². The highest BCUT2D eigenvalue weighted by Gasteiger charge is 2.15. The topological polar surface area (TPSA) is 81.6 Å². The maximum atomic E-state index is 13.5. The minimum Gasteiger partial charge on any atom is -0.355 e. The molecule has 3 rings (SSSR count). The number of thiazole rings is 1. The number of hydrogen-bond acceptors (Lipinski definition) is 5. The molecule has 0 spiro atoms. The molecule has 3 aromatic rings. The van der Waals surface area contributed by atoms with E-state index in [4.69, 9.17) is 16.9 Å². The number of pyridine rings is 1. The third-order valence-electron chi connectivity index (χ3n) is 3.62. The fourth-order valence-corrected chi connectivity index (χ4v) is 3.39. The number of nitrogens with one attached hydrogen (secondary N) is 2. The van der Waals surface area contributed by atoms with E-state index < -0.39 is 5.82 Å². The maximum absolute atomic E-state index is 13.5. The van der Waals surface area contributed by atoms with Crippen LogP contribution in [0.1, 0.15) is 29.1 Å². The molecule has 122 valence electrons. The van der Waals surface area contributed by atoms with Crippen LogP contribution >= 0.6 is 22.9 Å². The molecule has 0 saturated carbocycles. The van der Waals surface area contributed by atoms with Gasteiger partial charge in [-0.3, -0.25) is 4.79 Å². The Bertz CT molecular complexity index is 1040. The zero-order valence-electron chi connectivity index (χ0n) is 12.8. The standard InChI is InChI=1S/C16H12ClFN4OS/c1-7(20-16-21-8(2)14(6-19)24-16)10-3-9-4-11(17)12(18)5-13(9)22-15(10)23/h3-5,7H,1-2H3,(H,20,21)(H,22,23)/t7-/m0/s1. The quantitative estimate of drug-likeness (QED) is 0.734. The molecule has 0 fully saturated rings. The van der Waals surface area contributed by atoms with Crippen molar-refractivity contribution >= 4 is 39.0 Å². The molecule has 0 aliphatic rings. The Labute approximate surface area is 145 Å². The van der Waals surface area contributed by atoms with E-state index >= 15 is 0 Å². The number of anilines is 1. The van der Waals surface area contributed by atoms with Crippen LogP contribution in [0, 0.1) is 24.1 Å². The number of H-pyrrole nitrogens is 1. The number of rotatable bonds is 3. The molecule has 2 aromatic heterocycles. The number of aryl methyl sites for hydroxylation is 1. The second-order valence-corrected chi connectivity index (χ2v) is 6.73. The summed E-state index contributed by atoms with van der Waals surface area (Å²) in [5.41, 5.74) is 1.18. The lowest BCUT2D eigenvalue weighted by atomic mass is 10.1. The Morgan fingerprint density at radius 1 is 1.46 bits per heavy atom. The zero-order chi connectivity index (χ0) is 17.4. The van der Waals surface area contributed by atoms with Gasteiger partial charge in [0, 0.05) is 10.9 Å². The van der Waals surface area contributed by atoms with Gasteiger partial charge < -0.3 is 10.3 Å². The van der Waals surface area contributed by atoms with E-state index in [-0.39, 0.29) is 16.6 Å². The molecular weight excluding hydrogens is 351 g/mol. The number of nitriles is 1. The molecular formula is C16H12ClFN4OS. The smallest absolute Gasteiger partial charge is 0.253 e. The lowest BCUT2D eigenvalue weighted by molar-refractivity contribution is 0.629. The third kappa shape index (κ3) is 2.98. The van der Waals surface area contributed by atoms with E-state index in [0.717, 1.165) is 0 Å². The summed E-state index contributed by atoms with van der Waals surface area (Å²) in [7, 11) is 0. The summed E-state index contributed by atoms with van der Waals surface area (Å²) in [4.78, 5) is 19.7. The first kappa shape index (κ1) is 16.4. The van der Waals surface area contributed by atoms with Crippen LogP contribution in [0.4, 0.5) is 9.52 Å². The van der Waals surface area contributed by atoms with Crippen LogP contribution in [0.25, 0.3) is 10.9 Å². The molecule has 0 aliphatic carbocycles. The van der Waals surface area contributed by atoms with Gasteiger partial charge in [0.25, 0.3) is 5.56 Å². The van der Waals surface area contributed by atoms with Gasteiger partial charge in [-0.15, -0.1) is 0 Å². The largest absolute Gasteiger partial charge is 0.355 e. The average Bonchev–Trinajstić information content (AvgIpc) is 2.88. The molecule has 0 bridgehead atoms. The molecule has 24 heavy (non-hydrogen) atoms. The Kier molecular flexibility index (Phi) is 4.26. The molecule has 2 heterocycles. The second kappa shape index (κ2) is 6.23. The normalized spacial score (nSPS) is 12.1. The minimum absolute atomic E-state index is 0.00433. The van der Waals surface area contributed by atoms with Crippen molar-refractivity contribution in [2.75, 3.05) is 5.32 Å². The van der Waals surface area contributed by atoms with Crippen molar-refractivity contribution in [3.63, 3.8) is 0 Å². The molecule has 0 radical (unpaired) electrons. The van der Waals surface area contributed by atoms with E-state index in [9.17, 15) is 9.18 Å². The van der Waals surface area contributed by atoms with E-state index in [2.05, 4.69) is 21.4 Å². The molecule has 8 heteroatoms. The van der Waals surface area contributed by atoms with E-state index in [1.807, 2.05) is 6.92 Å². The number of fused-ring (bicyclic) bond motifs is 1. The van der Waals surface area contributed by atoms with Crippen LogP contribution in [0.5, 0.6) is 0 Å². The summed E-state index contributed by atoms with van der Waals surface area (Å²) in [5.74, 6) is -0.582. The highest BCUT2D eigenvalue weighted by atomic mass is 35.5. The average molecular weight is 363 g/mol. The predicted molar refractivity (Wildman–Crippen MR) is 93.1 cm³/mol. The van der Waals surface area contributed by atoms with Crippen molar-refractivity contribution in [3.05, 3.63) is 55.5 Å². The Morgan fingerprint density at radius 3 is 2.88 bits per heavy atom. The molecule has 0 saturated heterocycles. The van der Waals surface area contributed by atoms with Gasteiger partial charge in [-0.25, -0.2) is 9.37 Å². The van der Waals surface area contributed by atoms with Gasteiger partial charge in [-0.1, -0.05) is 22.9 Å². The van der Waals surface area contributed by atoms with Crippen LogP contribution in [0.15, 0.2) is 23.0 Å². The zero-order valence-corrected chi connectivity index (χ0v) is 14.3. The van der Waals surface area contributed by atoms with Crippen molar-refractivity contribution < 1.29 is 4.39 Å². The van der Waals surface area contributed by atoms with Crippen molar-refractivity contribution in [3.8, 4) is 6.07 Å². The number of aromatic amines is 1. The number of benzene rings is 1. The minimum atomic E-state index is -0.582. The van der Waals surface area contributed by atoms with E-state index in [0.29, 0.717) is 32.2 Å². The van der Waals surface area contributed by atoms with E-state index in [1.165, 1.54) is 23.5 Å². The highest BCUT2D eigenvalue weighted by Crippen LogP contribution is 2.27. The lowest BCUT2D eigenvalue weighted by Gasteiger charge is -2.13. The highest BCUT2D eigenvalue weighted by molar-refractivity contribution is 7.16. The third-order valence-corrected chi connectivity index (χ3v) is 4.90. The molecule has 0 unspecified atom stereocenters. The SMILES string of the molecule is Cc1nc(N[C@@H](C)c2cc3cc(Cl)c(F)cc3[nH]c2=O)sc1C#N. The van der Waals surface area contributed by atoms with Crippen LogP contribution in [-0.2, 0) is 0 Å². The number of halogens is 2. The summed E-state index contributed by atoms with van der Waals surface area (Å²) in [6, 6.07) is 6.07. The van der Waals surface area contributed by atoms with Crippen LogP contribution in [0.3, 0.4) is 0 Å². The molecule has 0 amide bonds. The fraction of sp³-hybridized carbons (Fsp3) is 0.188. The first-order chi connectivity index (χ1) is 11.4. The van der Waals surface area contributed by atoms with Crippen LogP contribution < -0.4 is 10.9 Å². The van der Waals surface area contributed by atoms with Gasteiger partial charge in [0.15, 0.2) is 5.13 Å². The van der Waals surface area contributed by atoms with Crippen LogP contribution in [0.2, 0.25) is 5.02 Å². The Hall–Kier alpha value is -2.43.